The highest BCUT2D eigenvalue weighted by atomic mass is 79.9. The number of halogens is 3. The lowest BCUT2D eigenvalue weighted by atomic mass is 10.2. The topological polar surface area (TPSA) is 27.1 Å². The maximum absolute atomic E-state index is 13.7. The Hall–Kier alpha value is -0.650. The third kappa shape index (κ3) is 3.09. The van der Waals surface area contributed by atoms with Gasteiger partial charge in [0.15, 0.2) is 0 Å². The second-order valence-corrected chi connectivity index (χ2v) is 5.71. The van der Waals surface area contributed by atoms with Crippen molar-refractivity contribution in [1.82, 2.24) is 9.55 Å². The highest BCUT2D eigenvalue weighted by Gasteiger charge is 2.15. The summed E-state index contributed by atoms with van der Waals surface area (Å²) in [5.74, 6) is 1.05. The molecule has 0 aliphatic rings. The van der Waals surface area contributed by atoms with Gasteiger partial charge in [0, 0.05) is 19.7 Å². The summed E-state index contributed by atoms with van der Waals surface area (Å²) < 4.78 is 21.2. The molecule has 19 heavy (non-hydrogen) atoms. The van der Waals surface area contributed by atoms with E-state index in [4.69, 9.17) is 16.3 Å². The normalized spacial score (nSPS) is 13.1. The van der Waals surface area contributed by atoms with Crippen LogP contribution in [0.25, 0.3) is 11.0 Å². The maximum atomic E-state index is 13.7. The van der Waals surface area contributed by atoms with Gasteiger partial charge in [-0.25, -0.2) is 9.37 Å². The van der Waals surface area contributed by atoms with Crippen molar-refractivity contribution in [2.45, 2.75) is 19.3 Å². The van der Waals surface area contributed by atoms with E-state index >= 15 is 0 Å². The number of imidazole rings is 1. The summed E-state index contributed by atoms with van der Waals surface area (Å²) in [4.78, 5) is 4.44. The first-order valence-electron chi connectivity index (χ1n) is 5.95. The molecular weight excluding hydrogens is 335 g/mol. The van der Waals surface area contributed by atoms with Crippen LogP contribution in [0.1, 0.15) is 12.7 Å². The fraction of sp³-hybridized carbons (Fsp3) is 0.462. The van der Waals surface area contributed by atoms with Crippen molar-refractivity contribution >= 4 is 38.6 Å². The number of methoxy groups -OCH3 is 1. The fourth-order valence-electron chi connectivity index (χ4n) is 2.12. The molecule has 3 nitrogen and oxygen atoms in total. The summed E-state index contributed by atoms with van der Waals surface area (Å²) in [5.41, 5.74) is 1.51. The molecule has 1 heterocycles. The lowest BCUT2D eigenvalue weighted by Gasteiger charge is -2.14. The van der Waals surface area contributed by atoms with Crippen molar-refractivity contribution in [3.8, 4) is 0 Å². The average molecular weight is 350 g/mol. The smallest absolute Gasteiger partial charge is 0.139 e. The summed E-state index contributed by atoms with van der Waals surface area (Å²) in [6.45, 7) is 3.41. The van der Waals surface area contributed by atoms with Gasteiger partial charge < -0.3 is 9.30 Å². The first kappa shape index (κ1) is 14.8. The molecule has 0 bridgehead atoms. The minimum absolute atomic E-state index is 0.297. The van der Waals surface area contributed by atoms with E-state index < -0.39 is 0 Å². The van der Waals surface area contributed by atoms with Crippen molar-refractivity contribution in [3.63, 3.8) is 0 Å². The van der Waals surface area contributed by atoms with Crippen LogP contribution in [0.4, 0.5) is 4.39 Å². The summed E-state index contributed by atoms with van der Waals surface area (Å²) in [6.07, 6.45) is 0. The van der Waals surface area contributed by atoms with Crippen LogP contribution < -0.4 is 0 Å². The molecule has 1 unspecified atom stereocenters. The van der Waals surface area contributed by atoms with Crippen molar-refractivity contribution in [2.24, 2.45) is 5.92 Å². The van der Waals surface area contributed by atoms with E-state index in [-0.39, 0.29) is 5.82 Å². The molecule has 0 amide bonds. The summed E-state index contributed by atoms with van der Waals surface area (Å²) >= 11 is 9.09. The van der Waals surface area contributed by atoms with Crippen LogP contribution >= 0.6 is 27.5 Å². The molecule has 2 aromatic rings. The Kier molecular flexibility index (Phi) is 4.81. The van der Waals surface area contributed by atoms with Crippen LogP contribution in [0, 0.1) is 11.7 Å². The minimum atomic E-state index is -0.297. The third-order valence-electron chi connectivity index (χ3n) is 2.93. The Morgan fingerprint density at radius 2 is 2.26 bits per heavy atom. The minimum Gasteiger partial charge on any atom is -0.384 e. The van der Waals surface area contributed by atoms with Gasteiger partial charge >= 0.3 is 0 Å². The number of rotatable bonds is 5. The number of ether oxygens (including phenoxy) is 1. The molecule has 104 valence electrons. The molecule has 1 aromatic heterocycles. The molecule has 0 saturated heterocycles. The number of hydrogen-bond acceptors (Lipinski definition) is 2. The largest absolute Gasteiger partial charge is 0.384 e. The molecule has 0 aliphatic carbocycles. The number of aromatic nitrogens is 2. The molecule has 0 saturated carbocycles. The average Bonchev–Trinajstić information content (AvgIpc) is 2.68. The Balaban J connectivity index is 2.47. The molecule has 1 aromatic carbocycles. The molecule has 0 aliphatic heterocycles. The van der Waals surface area contributed by atoms with Gasteiger partial charge in [0.1, 0.15) is 11.6 Å². The van der Waals surface area contributed by atoms with E-state index in [2.05, 4.69) is 27.8 Å². The van der Waals surface area contributed by atoms with Crippen LogP contribution in [-0.2, 0) is 17.2 Å². The summed E-state index contributed by atoms with van der Waals surface area (Å²) in [7, 11) is 1.67. The second-order valence-electron chi connectivity index (χ2n) is 4.59. The predicted molar refractivity (Wildman–Crippen MR) is 78.0 cm³/mol. The SMILES string of the molecule is COCC(C)Cn1c(CCl)nc2cc(Br)c(F)cc21. The number of alkyl halides is 1. The van der Waals surface area contributed by atoms with Gasteiger partial charge in [0.2, 0.25) is 0 Å². The zero-order chi connectivity index (χ0) is 14.0. The van der Waals surface area contributed by atoms with Gasteiger partial charge in [0.05, 0.1) is 28.0 Å². The molecule has 0 N–H and O–H groups in total. The van der Waals surface area contributed by atoms with E-state index in [1.807, 2.05) is 4.57 Å². The zero-order valence-corrected chi connectivity index (χ0v) is 13.1. The lowest BCUT2D eigenvalue weighted by Crippen LogP contribution is -2.14. The molecule has 2 rings (SSSR count). The monoisotopic (exact) mass is 348 g/mol. The number of hydrogen-bond donors (Lipinski definition) is 0. The van der Waals surface area contributed by atoms with Crippen LogP contribution in [0.3, 0.4) is 0 Å². The van der Waals surface area contributed by atoms with Gasteiger partial charge in [-0.2, -0.15) is 0 Å². The van der Waals surface area contributed by atoms with E-state index in [0.717, 1.165) is 16.9 Å². The third-order valence-corrected chi connectivity index (χ3v) is 3.78. The van der Waals surface area contributed by atoms with Gasteiger partial charge in [-0.15, -0.1) is 11.6 Å². The molecular formula is C13H15BrClFN2O. The van der Waals surface area contributed by atoms with Crippen LogP contribution in [0.5, 0.6) is 0 Å². The Morgan fingerprint density at radius 1 is 1.53 bits per heavy atom. The van der Waals surface area contributed by atoms with Crippen LogP contribution in [-0.4, -0.2) is 23.3 Å². The first-order chi connectivity index (χ1) is 9.06. The van der Waals surface area contributed by atoms with Gasteiger partial charge in [0.25, 0.3) is 0 Å². The van der Waals surface area contributed by atoms with Crippen molar-refractivity contribution in [3.05, 3.63) is 28.2 Å². The van der Waals surface area contributed by atoms with Gasteiger partial charge in [-0.1, -0.05) is 6.92 Å². The van der Waals surface area contributed by atoms with E-state index in [9.17, 15) is 4.39 Å². The summed E-state index contributed by atoms with van der Waals surface area (Å²) in [6, 6.07) is 3.17. The van der Waals surface area contributed by atoms with E-state index in [1.165, 1.54) is 6.07 Å². The van der Waals surface area contributed by atoms with Gasteiger partial charge in [-0.3, -0.25) is 0 Å². The Morgan fingerprint density at radius 3 is 2.89 bits per heavy atom. The predicted octanol–water partition coefficient (Wildman–Crippen LogP) is 3.96. The van der Waals surface area contributed by atoms with Crippen LogP contribution in [0.15, 0.2) is 16.6 Å². The van der Waals surface area contributed by atoms with E-state index in [0.29, 0.717) is 29.4 Å². The first-order valence-corrected chi connectivity index (χ1v) is 7.28. The number of benzene rings is 1. The Labute approximate surface area is 124 Å². The molecule has 0 spiro atoms. The van der Waals surface area contributed by atoms with Crippen LogP contribution in [0.2, 0.25) is 0 Å². The quantitative estimate of drug-likeness (QED) is 0.764. The van der Waals surface area contributed by atoms with Crippen molar-refractivity contribution in [1.29, 1.82) is 0 Å². The standard InChI is InChI=1S/C13H15BrClFN2O/c1-8(7-19-2)6-18-12-4-10(16)9(14)3-11(12)17-13(18)5-15/h3-4,8H,5-7H2,1-2H3. The van der Waals surface area contributed by atoms with E-state index in [1.54, 1.807) is 13.2 Å². The Bertz CT molecular complexity index is 588. The fourth-order valence-corrected chi connectivity index (χ4v) is 2.66. The number of nitrogens with zero attached hydrogens (tertiary/aromatic N) is 2. The van der Waals surface area contributed by atoms with Gasteiger partial charge in [-0.05, 0) is 27.9 Å². The van der Waals surface area contributed by atoms with Crippen molar-refractivity contribution in [2.75, 3.05) is 13.7 Å². The number of fused-ring (bicyclic) bond motifs is 1. The molecule has 6 heteroatoms. The lowest BCUT2D eigenvalue weighted by molar-refractivity contribution is 0.151. The zero-order valence-electron chi connectivity index (χ0n) is 10.8. The second kappa shape index (κ2) is 6.20. The highest BCUT2D eigenvalue weighted by Crippen LogP contribution is 2.25. The summed E-state index contributed by atoms with van der Waals surface area (Å²) in [5, 5.41) is 0. The highest BCUT2D eigenvalue weighted by molar-refractivity contribution is 9.10. The molecule has 0 radical (unpaired) electrons. The molecule has 1 atom stereocenters. The van der Waals surface area contributed by atoms with Crippen molar-refractivity contribution < 1.29 is 9.13 Å². The molecule has 0 fully saturated rings. The maximum Gasteiger partial charge on any atom is 0.139 e.